The minimum Gasteiger partial charge on any atom is -0.378 e. The van der Waals surface area contributed by atoms with Crippen molar-refractivity contribution in [3.63, 3.8) is 0 Å². The predicted octanol–water partition coefficient (Wildman–Crippen LogP) is 3.18. The molecule has 78 valence electrons. The molecule has 0 amide bonds. The molecule has 0 bridgehead atoms. The number of ether oxygens (including phenoxy) is 1. The van der Waals surface area contributed by atoms with Crippen LogP contribution in [0, 0.1) is 17.8 Å². The first-order chi connectivity index (χ1) is 6.61. The Morgan fingerprint density at radius 3 is 2.71 bits per heavy atom. The molecule has 3 unspecified atom stereocenters. The van der Waals surface area contributed by atoms with Gasteiger partial charge in [-0.1, -0.05) is 30.2 Å². The van der Waals surface area contributed by atoms with E-state index in [0.29, 0.717) is 23.9 Å². The SMILES string of the molecule is CC1=C(C)C2C(C=C1)CO[C@@H](C)C2C. The highest BCUT2D eigenvalue weighted by Crippen LogP contribution is 2.40. The van der Waals surface area contributed by atoms with Crippen molar-refractivity contribution in [1.82, 2.24) is 0 Å². The topological polar surface area (TPSA) is 9.23 Å². The maximum Gasteiger partial charge on any atom is 0.0578 e. The second-order valence-electron chi connectivity index (χ2n) is 4.81. The molecule has 1 aliphatic carbocycles. The standard InChI is InChI=1S/C13H20O/c1-8-5-6-12-7-14-11(4)10(3)13(12)9(8)2/h5-6,10-13H,7H2,1-4H3/t10?,11-,12?,13?/m0/s1. The van der Waals surface area contributed by atoms with E-state index in [-0.39, 0.29) is 0 Å². The lowest BCUT2D eigenvalue weighted by Gasteiger charge is -2.42. The maximum absolute atomic E-state index is 5.77. The summed E-state index contributed by atoms with van der Waals surface area (Å²) in [7, 11) is 0. The van der Waals surface area contributed by atoms with Crippen molar-refractivity contribution >= 4 is 0 Å². The van der Waals surface area contributed by atoms with Crippen LogP contribution >= 0.6 is 0 Å². The van der Waals surface area contributed by atoms with E-state index in [1.807, 2.05) is 0 Å². The van der Waals surface area contributed by atoms with Crippen LogP contribution in [0.3, 0.4) is 0 Å². The van der Waals surface area contributed by atoms with Crippen LogP contribution in [0.4, 0.5) is 0 Å². The van der Waals surface area contributed by atoms with Gasteiger partial charge in [0.05, 0.1) is 12.7 Å². The Morgan fingerprint density at radius 1 is 1.29 bits per heavy atom. The van der Waals surface area contributed by atoms with Gasteiger partial charge in [0.2, 0.25) is 0 Å². The fraction of sp³-hybridized carbons (Fsp3) is 0.692. The van der Waals surface area contributed by atoms with Crippen molar-refractivity contribution in [2.24, 2.45) is 17.8 Å². The van der Waals surface area contributed by atoms with Crippen LogP contribution in [0.15, 0.2) is 23.3 Å². The van der Waals surface area contributed by atoms with Gasteiger partial charge in [0.25, 0.3) is 0 Å². The summed E-state index contributed by atoms with van der Waals surface area (Å²) in [6.45, 7) is 9.91. The minimum atomic E-state index is 0.408. The third-order valence-corrected chi connectivity index (χ3v) is 4.04. The number of rotatable bonds is 0. The summed E-state index contributed by atoms with van der Waals surface area (Å²) in [6, 6.07) is 0. The van der Waals surface area contributed by atoms with E-state index in [1.54, 1.807) is 5.57 Å². The molecule has 0 spiro atoms. The third kappa shape index (κ3) is 1.44. The predicted molar refractivity (Wildman–Crippen MR) is 59.1 cm³/mol. The maximum atomic E-state index is 5.77. The summed E-state index contributed by atoms with van der Waals surface area (Å²) in [5, 5.41) is 0. The molecule has 1 heterocycles. The van der Waals surface area contributed by atoms with Gasteiger partial charge in [-0.05, 0) is 32.6 Å². The average Bonchev–Trinajstić information content (AvgIpc) is 2.17. The molecule has 0 aromatic heterocycles. The molecule has 0 saturated carbocycles. The zero-order valence-electron chi connectivity index (χ0n) is 9.58. The van der Waals surface area contributed by atoms with Crippen LogP contribution in [-0.4, -0.2) is 12.7 Å². The fourth-order valence-electron chi connectivity index (χ4n) is 2.75. The number of fused-ring (bicyclic) bond motifs is 1. The molecule has 1 nitrogen and oxygen atoms in total. The van der Waals surface area contributed by atoms with E-state index in [4.69, 9.17) is 4.74 Å². The van der Waals surface area contributed by atoms with Gasteiger partial charge in [0, 0.05) is 5.92 Å². The molecule has 2 rings (SSSR count). The van der Waals surface area contributed by atoms with Gasteiger partial charge in [-0.2, -0.15) is 0 Å². The van der Waals surface area contributed by atoms with Crippen molar-refractivity contribution in [3.05, 3.63) is 23.3 Å². The second kappa shape index (κ2) is 3.54. The van der Waals surface area contributed by atoms with E-state index in [9.17, 15) is 0 Å². The molecule has 1 aliphatic heterocycles. The highest BCUT2D eigenvalue weighted by atomic mass is 16.5. The normalized spacial score (nSPS) is 42.6. The van der Waals surface area contributed by atoms with Crippen LogP contribution in [0.25, 0.3) is 0 Å². The van der Waals surface area contributed by atoms with Crippen molar-refractivity contribution in [2.45, 2.75) is 33.8 Å². The zero-order chi connectivity index (χ0) is 10.3. The average molecular weight is 192 g/mol. The molecule has 4 atom stereocenters. The largest absolute Gasteiger partial charge is 0.378 e. The first kappa shape index (κ1) is 9.97. The fourth-order valence-corrected chi connectivity index (χ4v) is 2.75. The van der Waals surface area contributed by atoms with Crippen LogP contribution in [0.5, 0.6) is 0 Å². The monoisotopic (exact) mass is 192 g/mol. The van der Waals surface area contributed by atoms with Gasteiger partial charge >= 0.3 is 0 Å². The van der Waals surface area contributed by atoms with E-state index in [1.165, 1.54) is 5.57 Å². The van der Waals surface area contributed by atoms with Crippen molar-refractivity contribution in [1.29, 1.82) is 0 Å². The molecule has 2 aliphatic rings. The van der Waals surface area contributed by atoms with Crippen LogP contribution in [-0.2, 0) is 4.74 Å². The Hall–Kier alpha value is -0.560. The molecule has 0 radical (unpaired) electrons. The summed E-state index contributed by atoms with van der Waals surface area (Å²) in [4.78, 5) is 0. The zero-order valence-corrected chi connectivity index (χ0v) is 9.58. The van der Waals surface area contributed by atoms with Crippen LogP contribution < -0.4 is 0 Å². The number of hydrogen-bond acceptors (Lipinski definition) is 1. The Bertz CT molecular complexity index is 288. The summed E-state index contributed by atoms with van der Waals surface area (Å²) in [6.07, 6.45) is 4.99. The number of allylic oxidation sites excluding steroid dienone is 3. The molecule has 0 aromatic carbocycles. The van der Waals surface area contributed by atoms with Gasteiger partial charge in [-0.15, -0.1) is 0 Å². The van der Waals surface area contributed by atoms with Crippen molar-refractivity contribution < 1.29 is 4.74 Å². The van der Waals surface area contributed by atoms with E-state index in [2.05, 4.69) is 39.8 Å². The third-order valence-electron chi connectivity index (χ3n) is 4.04. The molecule has 1 saturated heterocycles. The lowest BCUT2D eigenvalue weighted by atomic mass is 9.70. The van der Waals surface area contributed by atoms with Gasteiger partial charge in [0.1, 0.15) is 0 Å². The van der Waals surface area contributed by atoms with Gasteiger partial charge in [0.15, 0.2) is 0 Å². The molecule has 1 heteroatoms. The lowest BCUT2D eigenvalue weighted by Crippen LogP contribution is -2.40. The van der Waals surface area contributed by atoms with Gasteiger partial charge in [-0.25, -0.2) is 0 Å². The molecular formula is C13H20O. The first-order valence-electron chi connectivity index (χ1n) is 5.58. The highest BCUT2D eigenvalue weighted by molar-refractivity contribution is 5.31. The number of hydrogen-bond donors (Lipinski definition) is 0. The quantitative estimate of drug-likeness (QED) is 0.573. The Labute approximate surface area is 86.8 Å². The van der Waals surface area contributed by atoms with Gasteiger partial charge in [-0.3, -0.25) is 0 Å². The molecular weight excluding hydrogens is 172 g/mol. The lowest BCUT2D eigenvalue weighted by molar-refractivity contribution is -0.0542. The van der Waals surface area contributed by atoms with Crippen molar-refractivity contribution in [3.8, 4) is 0 Å². The summed E-state index contributed by atoms with van der Waals surface area (Å²) in [5.41, 5.74) is 3.02. The summed E-state index contributed by atoms with van der Waals surface area (Å²) in [5.74, 6) is 1.97. The molecule has 0 N–H and O–H groups in total. The van der Waals surface area contributed by atoms with E-state index < -0.39 is 0 Å². The minimum absolute atomic E-state index is 0.408. The smallest absolute Gasteiger partial charge is 0.0578 e. The Morgan fingerprint density at radius 2 is 2.00 bits per heavy atom. The van der Waals surface area contributed by atoms with E-state index in [0.717, 1.165) is 6.61 Å². The van der Waals surface area contributed by atoms with Crippen LogP contribution in [0.1, 0.15) is 27.7 Å². The highest BCUT2D eigenvalue weighted by Gasteiger charge is 2.36. The Kier molecular flexibility index (Phi) is 2.52. The summed E-state index contributed by atoms with van der Waals surface area (Å²) < 4.78 is 5.77. The Balaban J connectivity index is 2.29. The van der Waals surface area contributed by atoms with Crippen LogP contribution in [0.2, 0.25) is 0 Å². The summed E-state index contributed by atoms with van der Waals surface area (Å²) >= 11 is 0. The molecule has 14 heavy (non-hydrogen) atoms. The first-order valence-corrected chi connectivity index (χ1v) is 5.58. The van der Waals surface area contributed by atoms with Gasteiger partial charge < -0.3 is 4.74 Å². The van der Waals surface area contributed by atoms with E-state index >= 15 is 0 Å². The second-order valence-corrected chi connectivity index (χ2v) is 4.81. The molecule has 0 aromatic rings. The van der Waals surface area contributed by atoms with Crippen molar-refractivity contribution in [2.75, 3.05) is 6.61 Å². The molecule has 1 fully saturated rings.